The molecule has 0 aliphatic carbocycles. The molecule has 9 heteroatoms. The van der Waals surface area contributed by atoms with E-state index in [0.717, 1.165) is 10.7 Å². The molecule has 0 spiro atoms. The maximum atomic E-state index is 11.9. The zero-order valence-electron chi connectivity index (χ0n) is 11.7. The van der Waals surface area contributed by atoms with Gasteiger partial charge in [-0.2, -0.15) is 4.31 Å². The first-order valence-corrected chi connectivity index (χ1v) is 8.59. The van der Waals surface area contributed by atoms with Crippen LogP contribution in [-0.2, 0) is 24.3 Å². The van der Waals surface area contributed by atoms with Crippen molar-refractivity contribution < 1.29 is 27.9 Å². The molecule has 0 aromatic heterocycles. The van der Waals surface area contributed by atoms with Gasteiger partial charge in [0.2, 0.25) is 15.9 Å². The molecular formula is C12H20N2O6S. The highest BCUT2D eigenvalue weighted by Gasteiger charge is 2.34. The number of ether oxygens (including phenoxy) is 1. The van der Waals surface area contributed by atoms with Crippen LogP contribution in [0.2, 0.25) is 0 Å². The summed E-state index contributed by atoms with van der Waals surface area (Å²) in [6.07, 6.45) is 1.92. The third-order valence-corrected chi connectivity index (χ3v) is 5.68. The third-order valence-electron chi connectivity index (χ3n) is 3.77. The number of sulfonamides is 1. The van der Waals surface area contributed by atoms with E-state index in [1.807, 2.05) is 0 Å². The molecule has 2 aliphatic heterocycles. The van der Waals surface area contributed by atoms with Crippen LogP contribution in [0.3, 0.4) is 0 Å². The molecule has 2 rings (SSSR count). The van der Waals surface area contributed by atoms with Crippen molar-refractivity contribution in [1.29, 1.82) is 0 Å². The molecule has 0 radical (unpaired) electrons. The Hall–Kier alpha value is -1.19. The fourth-order valence-electron chi connectivity index (χ4n) is 2.66. The van der Waals surface area contributed by atoms with Crippen LogP contribution >= 0.6 is 0 Å². The Morgan fingerprint density at radius 3 is 2.67 bits per heavy atom. The van der Waals surface area contributed by atoms with Gasteiger partial charge in [0.25, 0.3) is 0 Å². The Bertz CT molecular complexity index is 500. The fourth-order valence-corrected chi connectivity index (χ4v) is 4.13. The first kappa shape index (κ1) is 16.2. The molecule has 2 heterocycles. The van der Waals surface area contributed by atoms with E-state index in [4.69, 9.17) is 4.74 Å². The van der Waals surface area contributed by atoms with Crippen LogP contribution in [0.4, 0.5) is 0 Å². The largest absolute Gasteiger partial charge is 0.480 e. The molecule has 2 N–H and O–H groups in total. The summed E-state index contributed by atoms with van der Waals surface area (Å²) in [6, 6.07) is -1.04. The second-order valence-electron chi connectivity index (χ2n) is 5.36. The van der Waals surface area contributed by atoms with Gasteiger partial charge in [-0.15, -0.1) is 0 Å². The number of carboxylic acids is 1. The number of aliphatic carboxylic acids is 1. The fraction of sp³-hybridized carbons (Fsp3) is 0.833. The Balaban J connectivity index is 1.93. The van der Waals surface area contributed by atoms with Gasteiger partial charge in [-0.1, -0.05) is 0 Å². The van der Waals surface area contributed by atoms with Crippen LogP contribution in [-0.4, -0.2) is 67.8 Å². The van der Waals surface area contributed by atoms with Gasteiger partial charge in [-0.3, -0.25) is 4.79 Å². The van der Waals surface area contributed by atoms with Gasteiger partial charge in [-0.05, 0) is 19.3 Å². The van der Waals surface area contributed by atoms with Gasteiger partial charge in [-0.25, -0.2) is 13.2 Å². The predicted octanol–water partition coefficient (Wildman–Crippen LogP) is -0.982. The van der Waals surface area contributed by atoms with E-state index in [0.29, 0.717) is 32.6 Å². The molecule has 8 nitrogen and oxygen atoms in total. The molecule has 1 amide bonds. The summed E-state index contributed by atoms with van der Waals surface area (Å²) in [5.41, 5.74) is 0. The highest BCUT2D eigenvalue weighted by atomic mass is 32.2. The van der Waals surface area contributed by atoms with Crippen LogP contribution < -0.4 is 5.32 Å². The van der Waals surface area contributed by atoms with Crippen LogP contribution in [0, 0.1) is 5.92 Å². The van der Waals surface area contributed by atoms with Gasteiger partial charge in [0.05, 0.1) is 18.9 Å². The van der Waals surface area contributed by atoms with Crippen molar-refractivity contribution >= 4 is 21.9 Å². The van der Waals surface area contributed by atoms with Gasteiger partial charge in [0, 0.05) is 19.1 Å². The lowest BCUT2D eigenvalue weighted by Crippen LogP contribution is -2.51. The predicted molar refractivity (Wildman–Crippen MR) is 73.1 cm³/mol. The van der Waals surface area contributed by atoms with Crippen molar-refractivity contribution in [1.82, 2.24) is 9.62 Å². The number of rotatable bonds is 5. The quantitative estimate of drug-likeness (QED) is 0.673. The van der Waals surface area contributed by atoms with Gasteiger partial charge in [0.1, 0.15) is 6.04 Å². The summed E-state index contributed by atoms with van der Waals surface area (Å²) in [4.78, 5) is 23.2. The minimum absolute atomic E-state index is 0.0408. The van der Waals surface area contributed by atoms with Crippen molar-refractivity contribution in [3.05, 3.63) is 0 Å². The smallest absolute Gasteiger partial charge is 0.326 e. The first-order valence-electron chi connectivity index (χ1n) is 6.98. The molecule has 0 saturated carbocycles. The lowest BCUT2D eigenvalue weighted by molar-refractivity contribution is -0.145. The van der Waals surface area contributed by atoms with E-state index in [1.54, 1.807) is 0 Å². The molecule has 2 aliphatic rings. The topological polar surface area (TPSA) is 113 Å². The normalized spacial score (nSPS) is 27.1. The Labute approximate surface area is 123 Å². The molecule has 0 aromatic carbocycles. The maximum absolute atomic E-state index is 11.9. The second kappa shape index (κ2) is 6.71. The lowest BCUT2D eigenvalue weighted by Gasteiger charge is -2.28. The van der Waals surface area contributed by atoms with E-state index in [1.165, 1.54) is 0 Å². The van der Waals surface area contributed by atoms with Gasteiger partial charge >= 0.3 is 5.97 Å². The third kappa shape index (κ3) is 4.14. The zero-order chi connectivity index (χ0) is 15.5. The van der Waals surface area contributed by atoms with Gasteiger partial charge < -0.3 is 15.2 Å². The highest BCUT2D eigenvalue weighted by molar-refractivity contribution is 7.89. The molecule has 21 heavy (non-hydrogen) atoms. The lowest BCUT2D eigenvalue weighted by atomic mass is 9.93. The molecule has 120 valence electrons. The summed E-state index contributed by atoms with van der Waals surface area (Å²) >= 11 is 0. The number of nitrogens with one attached hydrogen (secondary N) is 1. The molecule has 2 unspecified atom stereocenters. The summed E-state index contributed by atoms with van der Waals surface area (Å²) in [5.74, 6) is -1.95. The number of nitrogens with zero attached hydrogens (tertiary/aromatic N) is 1. The molecule has 2 atom stereocenters. The van der Waals surface area contributed by atoms with E-state index in [2.05, 4.69) is 5.32 Å². The average molecular weight is 320 g/mol. The van der Waals surface area contributed by atoms with E-state index < -0.39 is 27.9 Å². The monoisotopic (exact) mass is 320 g/mol. The van der Waals surface area contributed by atoms with Crippen LogP contribution in [0.15, 0.2) is 0 Å². The minimum Gasteiger partial charge on any atom is -0.480 e. The number of carboxylic acid groups (broad SMARTS) is 1. The molecule has 0 aromatic rings. The minimum atomic E-state index is -3.36. The Kier molecular flexibility index (Phi) is 5.17. The molecule has 2 saturated heterocycles. The van der Waals surface area contributed by atoms with Crippen LogP contribution in [0.1, 0.15) is 19.3 Å². The van der Waals surface area contributed by atoms with Crippen molar-refractivity contribution in [2.45, 2.75) is 25.3 Å². The SMILES string of the molecule is O=C(CN1CCCS1(=O)=O)NC(C(=O)O)C1CCCOC1. The van der Waals surface area contributed by atoms with Crippen molar-refractivity contribution in [2.75, 3.05) is 32.1 Å². The van der Waals surface area contributed by atoms with Crippen molar-refractivity contribution in [3.63, 3.8) is 0 Å². The van der Waals surface area contributed by atoms with E-state index in [-0.39, 0.29) is 18.2 Å². The zero-order valence-corrected chi connectivity index (χ0v) is 12.5. The van der Waals surface area contributed by atoms with Crippen molar-refractivity contribution in [3.8, 4) is 0 Å². The second-order valence-corrected chi connectivity index (χ2v) is 7.45. The average Bonchev–Trinajstić information content (AvgIpc) is 2.76. The number of carbonyl (C=O) groups is 2. The standard InChI is InChI=1S/C12H20N2O6S/c15-10(7-14-4-2-6-21(14,18)19)13-11(12(16)17)9-3-1-5-20-8-9/h9,11H,1-8H2,(H,13,15)(H,16,17). The van der Waals surface area contributed by atoms with E-state index in [9.17, 15) is 23.1 Å². The van der Waals surface area contributed by atoms with Gasteiger partial charge in [0.15, 0.2) is 0 Å². The highest BCUT2D eigenvalue weighted by Crippen LogP contribution is 2.18. The van der Waals surface area contributed by atoms with E-state index >= 15 is 0 Å². The maximum Gasteiger partial charge on any atom is 0.326 e. The number of hydrogen-bond acceptors (Lipinski definition) is 5. The summed E-state index contributed by atoms with van der Waals surface area (Å²) < 4.78 is 29.6. The molecular weight excluding hydrogens is 300 g/mol. The summed E-state index contributed by atoms with van der Waals surface area (Å²) in [6.45, 7) is 0.877. The Morgan fingerprint density at radius 1 is 1.38 bits per heavy atom. The summed E-state index contributed by atoms with van der Waals surface area (Å²) in [7, 11) is -3.36. The van der Waals surface area contributed by atoms with Crippen LogP contribution in [0.25, 0.3) is 0 Å². The molecule has 2 fully saturated rings. The Morgan fingerprint density at radius 2 is 2.14 bits per heavy atom. The number of carbonyl (C=O) groups excluding carboxylic acids is 1. The van der Waals surface area contributed by atoms with Crippen molar-refractivity contribution in [2.24, 2.45) is 5.92 Å². The summed E-state index contributed by atoms with van der Waals surface area (Å²) in [5, 5.41) is 11.7. The van der Waals surface area contributed by atoms with Crippen LogP contribution in [0.5, 0.6) is 0 Å². The number of hydrogen-bond donors (Lipinski definition) is 2. The molecule has 0 bridgehead atoms. The number of amides is 1. The first-order chi connectivity index (χ1) is 9.90.